The Bertz CT molecular complexity index is 2080. The largest absolute Gasteiger partial charge is 0.490 e. The lowest BCUT2D eigenvalue weighted by Crippen LogP contribution is -2.49. The lowest BCUT2D eigenvalue weighted by Gasteiger charge is -2.46. The van der Waals surface area contributed by atoms with Gasteiger partial charge in [0.05, 0.1) is 50.6 Å². The second-order valence-electron chi connectivity index (χ2n) is 15.3. The second-order valence-corrected chi connectivity index (χ2v) is 17.7. The Balaban J connectivity index is 1.33. The molecule has 3 heterocycles. The standard InChI is InChI=1S/C40H50ClN5O8S/c1-25-22-55(50,44-38(49)31-21-45(2)42-39(31)52-4)43-37(48)27-8-12-36-33(19-27)46(20-28-7-10-30(28)35(53-17-16-47)14-13-34(25)51-3)23-40(24-54-36)15-5-6-26-18-29(41)9-11-32(26)40/h8-9,11-14,18-19,21,25,28,30,34-35,47H,5-7,10,15-17,20,22-24H2,1-4H3,(H,43,44,48,49,50)/b14-13+/t25-,28+,30-,34?,35+,40+,55?/m1/s1. The quantitative estimate of drug-likeness (QED) is 0.308. The van der Waals surface area contributed by atoms with Crippen molar-refractivity contribution >= 4 is 39.0 Å². The summed E-state index contributed by atoms with van der Waals surface area (Å²) in [5.74, 6) is -1.04. The van der Waals surface area contributed by atoms with Gasteiger partial charge in [0.15, 0.2) is 0 Å². The number of carbonyl (C=O) groups excluding carboxylic acids is 2. The van der Waals surface area contributed by atoms with Crippen molar-refractivity contribution in [1.82, 2.24) is 14.5 Å². The van der Waals surface area contributed by atoms with Crippen molar-refractivity contribution in [2.24, 2.45) is 29.2 Å². The summed E-state index contributed by atoms with van der Waals surface area (Å²) >= 11 is 6.47. The minimum atomic E-state index is -3.76. The Morgan fingerprint density at radius 1 is 1.16 bits per heavy atom. The molecule has 4 aliphatic rings. The van der Waals surface area contributed by atoms with Crippen molar-refractivity contribution in [2.75, 3.05) is 57.8 Å². The van der Waals surface area contributed by atoms with Gasteiger partial charge in [-0.3, -0.25) is 19.0 Å². The second kappa shape index (κ2) is 16.3. The number of fused-ring (bicyclic) bond motifs is 4. The fraction of sp³-hybridized carbons (Fsp3) is 0.525. The van der Waals surface area contributed by atoms with E-state index in [0.717, 1.165) is 37.8 Å². The summed E-state index contributed by atoms with van der Waals surface area (Å²) in [4.78, 5) is 30.2. The summed E-state index contributed by atoms with van der Waals surface area (Å²) in [6.07, 6.45) is 9.24. The zero-order valence-corrected chi connectivity index (χ0v) is 33.3. The number of aliphatic hydroxyl groups excluding tert-OH is 1. The van der Waals surface area contributed by atoms with Gasteiger partial charge in [-0.05, 0) is 91.3 Å². The molecule has 1 fully saturated rings. The molecule has 3 aromatic rings. The van der Waals surface area contributed by atoms with Crippen LogP contribution in [0.1, 0.15) is 64.4 Å². The van der Waals surface area contributed by atoms with Crippen LogP contribution in [0.5, 0.6) is 11.6 Å². The summed E-state index contributed by atoms with van der Waals surface area (Å²) in [5, 5.41) is 14.6. The number of aromatic nitrogens is 2. The fourth-order valence-corrected chi connectivity index (χ4v) is 10.8. The monoisotopic (exact) mass is 795 g/mol. The number of carbonyl (C=O) groups is 2. The number of aryl methyl sites for hydroxylation is 2. The van der Waals surface area contributed by atoms with Crippen molar-refractivity contribution in [3.8, 4) is 11.6 Å². The molecule has 15 heteroatoms. The predicted molar refractivity (Wildman–Crippen MR) is 209 cm³/mol. The van der Waals surface area contributed by atoms with E-state index in [2.05, 4.69) is 31.2 Å². The number of hydrogen-bond acceptors (Lipinski definition) is 10. The van der Waals surface area contributed by atoms with Gasteiger partial charge >= 0.3 is 0 Å². The molecule has 1 saturated carbocycles. The van der Waals surface area contributed by atoms with Gasteiger partial charge < -0.3 is 29.0 Å². The molecule has 2 bridgehead atoms. The number of hydrogen-bond donors (Lipinski definition) is 2. The third-order valence-electron chi connectivity index (χ3n) is 11.6. The van der Waals surface area contributed by atoms with Crippen LogP contribution in [0.25, 0.3) is 0 Å². The van der Waals surface area contributed by atoms with Gasteiger partial charge in [-0.25, -0.2) is 4.21 Å². The normalized spacial score (nSPS) is 29.8. The summed E-state index contributed by atoms with van der Waals surface area (Å²) in [6.45, 7) is 3.67. The van der Waals surface area contributed by atoms with E-state index in [0.29, 0.717) is 30.5 Å². The Kier molecular flexibility index (Phi) is 11.6. The van der Waals surface area contributed by atoms with E-state index >= 15 is 0 Å². The number of nitrogens with one attached hydrogen (secondary N) is 1. The molecule has 55 heavy (non-hydrogen) atoms. The molecule has 1 aromatic heterocycles. The number of aliphatic hydroxyl groups is 1. The van der Waals surface area contributed by atoms with E-state index in [1.54, 1.807) is 32.4 Å². The topological polar surface area (TPSA) is 154 Å². The molecule has 7 atom stereocenters. The highest BCUT2D eigenvalue weighted by Gasteiger charge is 2.44. The summed E-state index contributed by atoms with van der Waals surface area (Å²) in [7, 11) is 0.818. The molecule has 7 rings (SSSR count). The molecule has 2 amide bonds. The molecular formula is C40H50ClN5O8S. The minimum absolute atomic E-state index is 0.0452. The highest BCUT2D eigenvalue weighted by molar-refractivity contribution is 7.92. The van der Waals surface area contributed by atoms with Crippen LogP contribution >= 0.6 is 11.6 Å². The maximum Gasteiger partial charge on any atom is 0.286 e. The van der Waals surface area contributed by atoms with E-state index < -0.39 is 33.8 Å². The van der Waals surface area contributed by atoms with E-state index in [1.807, 2.05) is 25.1 Å². The van der Waals surface area contributed by atoms with Gasteiger partial charge in [0.2, 0.25) is 5.88 Å². The van der Waals surface area contributed by atoms with Crippen molar-refractivity contribution in [3.63, 3.8) is 0 Å². The highest BCUT2D eigenvalue weighted by Crippen LogP contribution is 2.47. The molecule has 2 unspecified atom stereocenters. The van der Waals surface area contributed by atoms with Crippen molar-refractivity contribution < 1.29 is 37.9 Å². The molecule has 2 aliphatic carbocycles. The molecule has 13 nitrogen and oxygen atoms in total. The fourth-order valence-electron chi connectivity index (χ4n) is 8.73. The zero-order chi connectivity index (χ0) is 38.9. The van der Waals surface area contributed by atoms with Crippen LogP contribution in [0.2, 0.25) is 5.02 Å². The van der Waals surface area contributed by atoms with Crippen molar-refractivity contribution in [3.05, 3.63) is 82.0 Å². The Labute approximate surface area is 327 Å². The number of nitrogens with zero attached hydrogens (tertiary/aromatic N) is 4. The van der Waals surface area contributed by atoms with Crippen LogP contribution in [0, 0.1) is 17.8 Å². The zero-order valence-electron chi connectivity index (χ0n) is 31.7. The van der Waals surface area contributed by atoms with E-state index in [-0.39, 0.29) is 59.3 Å². The van der Waals surface area contributed by atoms with E-state index in [4.69, 9.17) is 30.5 Å². The number of benzene rings is 2. The van der Waals surface area contributed by atoms with Crippen LogP contribution < -0.4 is 19.1 Å². The first kappa shape index (κ1) is 39.3. The summed E-state index contributed by atoms with van der Waals surface area (Å²) in [5.41, 5.74) is 3.15. The average molecular weight is 796 g/mol. The van der Waals surface area contributed by atoms with Gasteiger partial charge in [0, 0.05) is 49.4 Å². The predicted octanol–water partition coefficient (Wildman–Crippen LogP) is 5.13. The van der Waals surface area contributed by atoms with Crippen LogP contribution in [0.3, 0.4) is 0 Å². The van der Waals surface area contributed by atoms with Gasteiger partial charge in [-0.2, -0.15) is 0 Å². The third-order valence-corrected chi connectivity index (χ3v) is 13.7. The van der Waals surface area contributed by atoms with Crippen molar-refractivity contribution in [1.29, 1.82) is 0 Å². The first-order chi connectivity index (χ1) is 26.4. The van der Waals surface area contributed by atoms with Gasteiger partial charge in [0.1, 0.15) is 21.2 Å². The molecule has 296 valence electrons. The maximum absolute atomic E-state index is 14.8. The maximum atomic E-state index is 14.8. The minimum Gasteiger partial charge on any atom is -0.490 e. The first-order valence-electron chi connectivity index (χ1n) is 18.9. The first-order valence-corrected chi connectivity index (χ1v) is 20.9. The number of amides is 2. The molecule has 1 spiro atoms. The lowest BCUT2D eigenvalue weighted by molar-refractivity contribution is -0.0264. The van der Waals surface area contributed by atoms with Gasteiger partial charge in [-0.15, -0.1) is 9.46 Å². The Hall–Kier alpha value is -3.95. The molecule has 2 aromatic carbocycles. The average Bonchev–Trinajstić information content (AvgIpc) is 3.47. The smallest absolute Gasteiger partial charge is 0.286 e. The summed E-state index contributed by atoms with van der Waals surface area (Å²) in [6, 6.07) is 11.4. The van der Waals surface area contributed by atoms with E-state index in [1.165, 1.54) is 29.1 Å². The van der Waals surface area contributed by atoms with Crippen LogP contribution in [0.4, 0.5) is 5.69 Å². The molecular weight excluding hydrogens is 746 g/mol. The Morgan fingerprint density at radius 2 is 1.98 bits per heavy atom. The number of methoxy groups -OCH3 is 2. The number of rotatable bonds is 7. The van der Waals surface area contributed by atoms with E-state index in [9.17, 15) is 18.9 Å². The van der Waals surface area contributed by atoms with Crippen LogP contribution in [-0.2, 0) is 38.3 Å². The number of halogens is 1. The molecule has 0 radical (unpaired) electrons. The van der Waals surface area contributed by atoms with Crippen molar-refractivity contribution in [2.45, 2.75) is 56.7 Å². The molecule has 2 N–H and O–H groups in total. The number of ether oxygens (including phenoxy) is 4. The van der Waals surface area contributed by atoms with Gasteiger partial charge in [-0.1, -0.05) is 36.7 Å². The van der Waals surface area contributed by atoms with Gasteiger partial charge in [0.25, 0.3) is 11.8 Å². The SMILES string of the molecule is COc1nn(C)cc1C(=O)NS1(=O)=NC(=O)c2ccc3c(c2)N(C[C@@H]2CC[C@H]2[C@@H](OCCO)/C=C/C(OC)[C@H](C)C1)C[C@@]1(CCCc2cc(Cl)ccc21)CO3. The summed E-state index contributed by atoms with van der Waals surface area (Å²) < 4.78 is 47.2. The van der Waals surface area contributed by atoms with Crippen LogP contribution in [-0.4, -0.2) is 96.0 Å². The number of anilines is 1. The Morgan fingerprint density at radius 3 is 2.73 bits per heavy atom. The lowest BCUT2D eigenvalue weighted by atomic mass is 9.68. The highest BCUT2D eigenvalue weighted by atomic mass is 35.5. The third kappa shape index (κ3) is 8.15. The van der Waals surface area contributed by atoms with Crippen LogP contribution in [0.15, 0.2) is 59.1 Å². The molecule has 2 aliphatic heterocycles. The molecule has 0 saturated heterocycles.